The van der Waals surface area contributed by atoms with Crippen LogP contribution in [0.5, 0.6) is 0 Å². The molecular formula is C19H27N2O+. The molecule has 2 N–H and O–H groups in total. The van der Waals surface area contributed by atoms with Gasteiger partial charge in [0.15, 0.2) is 0 Å². The SMILES string of the molecule is CC[NH+](CC)CCCNC(=O)Cc1cccc2ccccc12. The minimum absolute atomic E-state index is 0.117. The fraction of sp³-hybridized carbons (Fsp3) is 0.421. The number of carbonyl (C=O) groups excluding carboxylic acids is 1. The van der Waals surface area contributed by atoms with Gasteiger partial charge >= 0.3 is 0 Å². The number of fused-ring (bicyclic) bond motifs is 1. The highest BCUT2D eigenvalue weighted by Gasteiger charge is 2.07. The van der Waals surface area contributed by atoms with Crippen molar-refractivity contribution >= 4 is 16.7 Å². The molecule has 1 amide bonds. The van der Waals surface area contributed by atoms with E-state index in [1.807, 2.05) is 24.3 Å². The first-order valence-corrected chi connectivity index (χ1v) is 8.31. The van der Waals surface area contributed by atoms with Gasteiger partial charge in [-0.05, 0) is 30.2 Å². The quantitative estimate of drug-likeness (QED) is 0.716. The number of carbonyl (C=O) groups is 1. The lowest BCUT2D eigenvalue weighted by Crippen LogP contribution is -3.11. The van der Waals surface area contributed by atoms with Gasteiger partial charge in [0.25, 0.3) is 0 Å². The van der Waals surface area contributed by atoms with Crippen molar-refractivity contribution in [2.45, 2.75) is 26.7 Å². The Balaban J connectivity index is 1.84. The van der Waals surface area contributed by atoms with Crippen LogP contribution in [-0.2, 0) is 11.2 Å². The molecule has 0 bridgehead atoms. The molecule has 22 heavy (non-hydrogen) atoms. The van der Waals surface area contributed by atoms with E-state index >= 15 is 0 Å². The molecule has 0 aliphatic rings. The Hall–Kier alpha value is -1.87. The van der Waals surface area contributed by atoms with Crippen LogP contribution >= 0.6 is 0 Å². The van der Waals surface area contributed by atoms with Gasteiger partial charge in [-0.15, -0.1) is 0 Å². The molecule has 2 rings (SSSR count). The molecule has 0 fully saturated rings. The Labute approximate surface area is 133 Å². The molecule has 0 heterocycles. The summed E-state index contributed by atoms with van der Waals surface area (Å²) in [5, 5.41) is 5.41. The van der Waals surface area contributed by atoms with Crippen molar-refractivity contribution in [2.24, 2.45) is 0 Å². The third-order valence-corrected chi connectivity index (χ3v) is 4.26. The van der Waals surface area contributed by atoms with Gasteiger partial charge in [0.05, 0.1) is 26.1 Å². The maximum absolute atomic E-state index is 12.1. The molecule has 0 atom stereocenters. The Kier molecular flexibility index (Phi) is 6.41. The topological polar surface area (TPSA) is 33.5 Å². The van der Waals surface area contributed by atoms with E-state index in [0.29, 0.717) is 6.42 Å². The summed E-state index contributed by atoms with van der Waals surface area (Å²) in [6.07, 6.45) is 1.50. The van der Waals surface area contributed by atoms with Crippen molar-refractivity contribution in [1.82, 2.24) is 5.32 Å². The standard InChI is InChI=1S/C19H26N2O/c1-3-21(4-2)14-8-13-20-19(22)15-17-11-7-10-16-9-5-6-12-18(16)17/h5-7,9-12H,3-4,8,13-15H2,1-2H3,(H,20,22)/p+1. The summed E-state index contributed by atoms with van der Waals surface area (Å²) >= 11 is 0. The van der Waals surface area contributed by atoms with Crippen LogP contribution < -0.4 is 10.2 Å². The molecule has 2 aromatic rings. The summed E-state index contributed by atoms with van der Waals surface area (Å²) in [6, 6.07) is 14.4. The zero-order valence-corrected chi connectivity index (χ0v) is 13.7. The Morgan fingerprint density at radius 2 is 1.77 bits per heavy atom. The van der Waals surface area contributed by atoms with Crippen molar-refractivity contribution < 1.29 is 9.69 Å². The average molecular weight is 299 g/mol. The first kappa shape index (κ1) is 16.5. The van der Waals surface area contributed by atoms with E-state index in [4.69, 9.17) is 0 Å². The summed E-state index contributed by atoms with van der Waals surface area (Å²) in [5.74, 6) is 0.117. The van der Waals surface area contributed by atoms with Gasteiger partial charge in [-0.1, -0.05) is 42.5 Å². The highest BCUT2D eigenvalue weighted by atomic mass is 16.1. The van der Waals surface area contributed by atoms with E-state index < -0.39 is 0 Å². The van der Waals surface area contributed by atoms with E-state index in [9.17, 15) is 4.79 Å². The summed E-state index contributed by atoms with van der Waals surface area (Å²) in [4.78, 5) is 13.7. The van der Waals surface area contributed by atoms with Crippen LogP contribution in [0.25, 0.3) is 10.8 Å². The highest BCUT2D eigenvalue weighted by molar-refractivity contribution is 5.90. The molecule has 0 aliphatic heterocycles. The van der Waals surface area contributed by atoms with E-state index in [1.165, 1.54) is 10.8 Å². The van der Waals surface area contributed by atoms with Crippen LogP contribution in [0.3, 0.4) is 0 Å². The number of quaternary nitrogens is 1. The Morgan fingerprint density at radius 1 is 1.05 bits per heavy atom. The third-order valence-electron chi connectivity index (χ3n) is 4.26. The van der Waals surface area contributed by atoms with Gasteiger partial charge in [0.1, 0.15) is 0 Å². The minimum Gasteiger partial charge on any atom is -0.356 e. The highest BCUT2D eigenvalue weighted by Crippen LogP contribution is 2.18. The zero-order valence-electron chi connectivity index (χ0n) is 13.7. The molecule has 0 saturated heterocycles. The number of nitrogens with one attached hydrogen (secondary N) is 2. The second-order valence-corrected chi connectivity index (χ2v) is 5.73. The molecule has 0 spiro atoms. The van der Waals surface area contributed by atoms with Crippen molar-refractivity contribution in [3.05, 3.63) is 48.0 Å². The molecular weight excluding hydrogens is 272 g/mol. The first-order chi connectivity index (χ1) is 10.7. The summed E-state index contributed by atoms with van der Waals surface area (Å²) < 4.78 is 0. The summed E-state index contributed by atoms with van der Waals surface area (Å²) in [7, 11) is 0. The molecule has 2 aromatic carbocycles. The van der Waals surface area contributed by atoms with Crippen LogP contribution in [0.4, 0.5) is 0 Å². The smallest absolute Gasteiger partial charge is 0.224 e. The van der Waals surface area contributed by atoms with Crippen LogP contribution in [0.15, 0.2) is 42.5 Å². The van der Waals surface area contributed by atoms with Gasteiger partial charge in [0.2, 0.25) is 5.91 Å². The normalized spacial score (nSPS) is 11.0. The first-order valence-electron chi connectivity index (χ1n) is 8.31. The predicted molar refractivity (Wildman–Crippen MR) is 92.2 cm³/mol. The van der Waals surface area contributed by atoms with Crippen molar-refractivity contribution in [3.8, 4) is 0 Å². The molecule has 3 heteroatoms. The molecule has 0 radical (unpaired) electrons. The van der Waals surface area contributed by atoms with E-state index in [-0.39, 0.29) is 5.91 Å². The van der Waals surface area contributed by atoms with E-state index in [1.54, 1.807) is 4.90 Å². The maximum Gasteiger partial charge on any atom is 0.224 e. The van der Waals surface area contributed by atoms with E-state index in [0.717, 1.165) is 38.2 Å². The molecule has 118 valence electrons. The van der Waals surface area contributed by atoms with Crippen LogP contribution in [0, 0.1) is 0 Å². The Morgan fingerprint density at radius 3 is 2.55 bits per heavy atom. The third kappa shape index (κ3) is 4.57. The summed E-state index contributed by atoms with van der Waals surface area (Å²) in [6.45, 7) is 8.62. The maximum atomic E-state index is 12.1. The van der Waals surface area contributed by atoms with Crippen LogP contribution in [0.1, 0.15) is 25.8 Å². The second kappa shape index (κ2) is 8.54. The van der Waals surface area contributed by atoms with Gasteiger partial charge in [-0.25, -0.2) is 0 Å². The lowest BCUT2D eigenvalue weighted by atomic mass is 10.0. The van der Waals surface area contributed by atoms with Gasteiger partial charge in [-0.3, -0.25) is 4.79 Å². The number of amides is 1. The minimum atomic E-state index is 0.117. The molecule has 3 nitrogen and oxygen atoms in total. The van der Waals surface area contributed by atoms with Gasteiger partial charge in [0, 0.05) is 13.0 Å². The van der Waals surface area contributed by atoms with E-state index in [2.05, 4.69) is 37.4 Å². The molecule has 0 aliphatic carbocycles. The van der Waals surface area contributed by atoms with Gasteiger partial charge < -0.3 is 10.2 Å². The predicted octanol–water partition coefficient (Wildman–Crippen LogP) is 1.81. The largest absolute Gasteiger partial charge is 0.356 e. The van der Waals surface area contributed by atoms with Gasteiger partial charge in [-0.2, -0.15) is 0 Å². The summed E-state index contributed by atoms with van der Waals surface area (Å²) in [5.41, 5.74) is 1.10. The fourth-order valence-corrected chi connectivity index (χ4v) is 2.85. The number of benzene rings is 2. The van der Waals surface area contributed by atoms with Crippen molar-refractivity contribution in [3.63, 3.8) is 0 Å². The lowest BCUT2D eigenvalue weighted by Gasteiger charge is -2.15. The fourth-order valence-electron chi connectivity index (χ4n) is 2.85. The van der Waals surface area contributed by atoms with Crippen LogP contribution in [0.2, 0.25) is 0 Å². The Bertz CT molecular complexity index is 600. The average Bonchev–Trinajstić information content (AvgIpc) is 2.55. The number of rotatable bonds is 8. The second-order valence-electron chi connectivity index (χ2n) is 5.73. The van der Waals surface area contributed by atoms with Crippen LogP contribution in [-0.4, -0.2) is 32.1 Å². The van der Waals surface area contributed by atoms with Crippen molar-refractivity contribution in [1.29, 1.82) is 0 Å². The lowest BCUT2D eigenvalue weighted by molar-refractivity contribution is -0.896. The number of hydrogen-bond donors (Lipinski definition) is 2. The van der Waals surface area contributed by atoms with Crippen molar-refractivity contribution in [2.75, 3.05) is 26.2 Å². The molecule has 0 saturated carbocycles. The molecule has 0 aromatic heterocycles. The number of hydrogen-bond acceptors (Lipinski definition) is 1. The zero-order chi connectivity index (χ0) is 15.8. The molecule has 0 unspecified atom stereocenters. The monoisotopic (exact) mass is 299 g/mol.